The fraction of sp³-hybridized carbons (Fsp3) is 0.571. The molecule has 1 aromatic carbocycles. The van der Waals surface area contributed by atoms with Crippen LogP contribution in [0.5, 0.6) is 11.5 Å². The monoisotopic (exact) mass is 392 g/mol. The van der Waals surface area contributed by atoms with E-state index in [1.54, 1.807) is 6.07 Å². The molecule has 1 aromatic rings. The number of hydrogen-bond acceptors (Lipinski definition) is 5. The van der Waals surface area contributed by atoms with Crippen LogP contribution in [0.1, 0.15) is 19.3 Å². The van der Waals surface area contributed by atoms with Crippen molar-refractivity contribution in [1.82, 2.24) is 4.72 Å². The molecule has 0 bridgehead atoms. The van der Waals surface area contributed by atoms with Crippen molar-refractivity contribution in [2.75, 3.05) is 20.8 Å². The van der Waals surface area contributed by atoms with E-state index in [1.165, 1.54) is 20.3 Å². The number of nitrogens with one attached hydrogen (secondary N) is 1. The molecule has 2 rings (SSSR count). The molecule has 6 nitrogen and oxygen atoms in total. The Labute approximate surface area is 139 Å². The normalized spacial score (nSPS) is 21.8. The fourth-order valence-corrected chi connectivity index (χ4v) is 5.15. The number of ether oxygens (including phenoxy) is 2. The van der Waals surface area contributed by atoms with Gasteiger partial charge in [-0.15, -0.1) is 0 Å². The molecule has 1 saturated carbocycles. The number of halogens is 1. The molecular formula is C14H21BrN2O4S. The third-order valence-corrected chi connectivity index (χ3v) is 6.44. The van der Waals surface area contributed by atoms with E-state index in [-0.39, 0.29) is 16.9 Å². The van der Waals surface area contributed by atoms with Crippen LogP contribution in [0.3, 0.4) is 0 Å². The number of rotatable bonds is 6. The van der Waals surface area contributed by atoms with Crippen molar-refractivity contribution in [3.63, 3.8) is 0 Å². The van der Waals surface area contributed by atoms with Crippen LogP contribution in [0.25, 0.3) is 0 Å². The van der Waals surface area contributed by atoms with Gasteiger partial charge in [0.2, 0.25) is 10.0 Å². The van der Waals surface area contributed by atoms with Gasteiger partial charge in [0.05, 0.1) is 14.2 Å². The predicted octanol–water partition coefficient (Wildman–Crippen LogP) is 1.87. The molecule has 1 aliphatic rings. The lowest BCUT2D eigenvalue weighted by Gasteiger charge is -2.20. The highest BCUT2D eigenvalue weighted by molar-refractivity contribution is 9.10. The summed E-state index contributed by atoms with van der Waals surface area (Å²) >= 11 is 3.29. The highest BCUT2D eigenvalue weighted by Crippen LogP contribution is 2.36. The number of hydrogen-bond donors (Lipinski definition) is 2. The zero-order chi connectivity index (χ0) is 16.3. The van der Waals surface area contributed by atoms with Crippen molar-refractivity contribution in [3.8, 4) is 11.5 Å². The SMILES string of the molecule is COc1cc(Br)c(S(=O)(=O)N[C@H]2CCC[C@H]2CN)cc1OC. The van der Waals surface area contributed by atoms with E-state index >= 15 is 0 Å². The van der Waals surface area contributed by atoms with Gasteiger partial charge in [-0.25, -0.2) is 13.1 Å². The Morgan fingerprint density at radius 2 is 1.91 bits per heavy atom. The second-order valence-corrected chi connectivity index (χ2v) is 7.83. The standard InChI is InChI=1S/C14H21BrN2O4S/c1-20-12-6-10(15)14(7-13(12)21-2)22(18,19)17-11-5-3-4-9(11)8-16/h6-7,9,11,17H,3-5,8,16H2,1-2H3/t9-,11-/m0/s1. The van der Waals surface area contributed by atoms with Crippen LogP contribution in [-0.4, -0.2) is 35.2 Å². The quantitative estimate of drug-likeness (QED) is 0.770. The Morgan fingerprint density at radius 1 is 1.27 bits per heavy atom. The lowest BCUT2D eigenvalue weighted by Crippen LogP contribution is -2.39. The Bertz CT molecular complexity index is 636. The summed E-state index contributed by atoms with van der Waals surface area (Å²) in [7, 11) is -0.693. The summed E-state index contributed by atoms with van der Waals surface area (Å²) in [6.45, 7) is 0.486. The summed E-state index contributed by atoms with van der Waals surface area (Å²) in [5.41, 5.74) is 5.71. The zero-order valence-corrected chi connectivity index (χ0v) is 15.0. The van der Waals surface area contributed by atoms with Crippen molar-refractivity contribution in [2.24, 2.45) is 11.7 Å². The van der Waals surface area contributed by atoms with Gasteiger partial charge in [0, 0.05) is 16.6 Å². The van der Waals surface area contributed by atoms with E-state index in [9.17, 15) is 8.42 Å². The molecular weight excluding hydrogens is 372 g/mol. The maximum absolute atomic E-state index is 12.7. The molecule has 0 aromatic heterocycles. The van der Waals surface area contributed by atoms with Crippen molar-refractivity contribution < 1.29 is 17.9 Å². The molecule has 124 valence electrons. The Morgan fingerprint density at radius 3 is 2.50 bits per heavy atom. The molecule has 0 unspecified atom stereocenters. The minimum Gasteiger partial charge on any atom is -0.493 e. The van der Waals surface area contributed by atoms with Crippen LogP contribution in [0.15, 0.2) is 21.5 Å². The molecule has 0 aliphatic heterocycles. The van der Waals surface area contributed by atoms with Crippen molar-refractivity contribution in [2.45, 2.75) is 30.2 Å². The third-order valence-electron chi connectivity index (χ3n) is 4.00. The largest absolute Gasteiger partial charge is 0.493 e. The smallest absolute Gasteiger partial charge is 0.242 e. The summed E-state index contributed by atoms with van der Waals surface area (Å²) in [4.78, 5) is 0.132. The molecule has 22 heavy (non-hydrogen) atoms. The minimum atomic E-state index is -3.66. The van der Waals surface area contributed by atoms with Crippen LogP contribution in [0, 0.1) is 5.92 Å². The first-order chi connectivity index (χ1) is 10.4. The highest BCUT2D eigenvalue weighted by atomic mass is 79.9. The highest BCUT2D eigenvalue weighted by Gasteiger charge is 2.31. The average Bonchev–Trinajstić information content (AvgIpc) is 2.92. The van der Waals surface area contributed by atoms with Crippen molar-refractivity contribution in [1.29, 1.82) is 0 Å². The summed E-state index contributed by atoms with van der Waals surface area (Å²) in [5, 5.41) is 0. The van der Waals surface area contributed by atoms with Gasteiger partial charge < -0.3 is 15.2 Å². The van der Waals surface area contributed by atoms with Crippen molar-refractivity contribution >= 4 is 26.0 Å². The fourth-order valence-electron chi connectivity index (χ4n) is 2.78. The van der Waals surface area contributed by atoms with Gasteiger partial charge in [0.25, 0.3) is 0 Å². The van der Waals surface area contributed by atoms with Gasteiger partial charge in [-0.05, 0) is 47.3 Å². The van der Waals surface area contributed by atoms with E-state index in [4.69, 9.17) is 15.2 Å². The lowest BCUT2D eigenvalue weighted by molar-refractivity contribution is 0.353. The second kappa shape index (κ2) is 7.16. The molecule has 2 atom stereocenters. The van der Waals surface area contributed by atoms with Gasteiger partial charge >= 0.3 is 0 Å². The Kier molecular flexibility index (Phi) is 5.70. The maximum Gasteiger partial charge on any atom is 0.242 e. The molecule has 1 fully saturated rings. The van der Waals surface area contributed by atoms with Crippen LogP contribution >= 0.6 is 15.9 Å². The molecule has 0 saturated heterocycles. The summed E-state index contributed by atoms with van der Waals surface area (Å²) in [5.74, 6) is 1.02. The molecule has 3 N–H and O–H groups in total. The number of methoxy groups -OCH3 is 2. The van der Waals surface area contributed by atoms with Crippen LogP contribution in [0.2, 0.25) is 0 Å². The molecule has 0 spiro atoms. The third kappa shape index (κ3) is 3.56. The maximum atomic E-state index is 12.7. The molecule has 0 amide bonds. The first-order valence-electron chi connectivity index (χ1n) is 7.07. The second-order valence-electron chi connectivity index (χ2n) is 5.29. The lowest BCUT2D eigenvalue weighted by atomic mass is 10.1. The van der Waals surface area contributed by atoms with E-state index in [2.05, 4.69) is 20.7 Å². The number of nitrogens with two attached hydrogens (primary N) is 1. The van der Waals surface area contributed by atoms with E-state index in [0.717, 1.165) is 19.3 Å². The van der Waals surface area contributed by atoms with Gasteiger partial charge in [-0.1, -0.05) is 6.42 Å². The van der Waals surface area contributed by atoms with Gasteiger partial charge in [0.15, 0.2) is 11.5 Å². The van der Waals surface area contributed by atoms with E-state index in [0.29, 0.717) is 22.5 Å². The van der Waals surface area contributed by atoms with E-state index in [1.807, 2.05) is 0 Å². The minimum absolute atomic E-state index is 0.116. The topological polar surface area (TPSA) is 90.7 Å². The van der Waals surface area contributed by atoms with Gasteiger partial charge in [-0.3, -0.25) is 0 Å². The molecule has 8 heteroatoms. The Hall–Kier alpha value is -0.830. The predicted molar refractivity (Wildman–Crippen MR) is 87.8 cm³/mol. The molecule has 1 aliphatic carbocycles. The zero-order valence-electron chi connectivity index (χ0n) is 12.6. The average molecular weight is 393 g/mol. The first kappa shape index (κ1) is 17.5. The summed E-state index contributed by atoms with van der Waals surface area (Å²) in [6, 6.07) is 2.93. The van der Waals surface area contributed by atoms with E-state index < -0.39 is 10.0 Å². The van der Waals surface area contributed by atoms with Crippen molar-refractivity contribution in [3.05, 3.63) is 16.6 Å². The molecule has 0 heterocycles. The number of sulfonamides is 1. The van der Waals surface area contributed by atoms with Gasteiger partial charge in [-0.2, -0.15) is 0 Å². The number of benzene rings is 1. The van der Waals surface area contributed by atoms with Crippen LogP contribution in [0.4, 0.5) is 0 Å². The van der Waals surface area contributed by atoms with Crippen LogP contribution < -0.4 is 19.9 Å². The summed E-state index contributed by atoms with van der Waals surface area (Å²) < 4.78 is 38.9. The van der Waals surface area contributed by atoms with Crippen LogP contribution in [-0.2, 0) is 10.0 Å². The molecule has 0 radical (unpaired) electrons. The summed E-state index contributed by atoms with van der Waals surface area (Å²) in [6.07, 6.45) is 2.75. The first-order valence-corrected chi connectivity index (χ1v) is 9.34. The Balaban J connectivity index is 2.33. The van der Waals surface area contributed by atoms with Gasteiger partial charge in [0.1, 0.15) is 4.90 Å².